The second-order valence-corrected chi connectivity index (χ2v) is 7.88. The summed E-state index contributed by atoms with van der Waals surface area (Å²) < 4.78 is 10.9. The highest BCUT2D eigenvalue weighted by atomic mass is 16.5. The number of furan rings is 1. The number of fused-ring (bicyclic) bond motifs is 1. The number of aromatic nitrogens is 2. The molecule has 2 aliphatic rings. The standard InChI is InChI=1S/C21H23N3O3/c1-12(4-9-15-3-2-10-26-15)22-20(25)16-11-17(13-5-6-13)23-21-18(16)19(24-27-21)14-7-8-14/h2-3,10-14H,4-9H2,1H3,(H,22,25). The molecule has 6 heteroatoms. The average molecular weight is 365 g/mol. The highest BCUT2D eigenvalue weighted by Crippen LogP contribution is 2.45. The summed E-state index contributed by atoms with van der Waals surface area (Å²) in [5.74, 6) is 1.73. The van der Waals surface area contributed by atoms with Crippen LogP contribution >= 0.6 is 0 Å². The predicted octanol–water partition coefficient (Wildman–Crippen LogP) is 4.32. The van der Waals surface area contributed by atoms with E-state index in [1.54, 1.807) is 6.26 Å². The first-order valence-corrected chi connectivity index (χ1v) is 9.82. The number of aryl methyl sites for hydroxylation is 1. The van der Waals surface area contributed by atoms with Crippen molar-refractivity contribution in [3.8, 4) is 0 Å². The lowest BCUT2D eigenvalue weighted by atomic mass is 10.0. The molecule has 0 radical (unpaired) electrons. The Balaban J connectivity index is 1.40. The summed E-state index contributed by atoms with van der Waals surface area (Å²) >= 11 is 0. The van der Waals surface area contributed by atoms with Gasteiger partial charge in [-0.3, -0.25) is 4.79 Å². The smallest absolute Gasteiger partial charge is 0.259 e. The summed E-state index contributed by atoms with van der Waals surface area (Å²) in [5.41, 5.74) is 3.02. The SMILES string of the molecule is CC(CCc1ccco1)NC(=O)c1cc(C2CC2)nc2onc(C3CC3)c12. The minimum absolute atomic E-state index is 0.0411. The Labute approximate surface area is 157 Å². The van der Waals surface area contributed by atoms with Crippen molar-refractivity contribution in [3.05, 3.63) is 47.2 Å². The van der Waals surface area contributed by atoms with Crippen LogP contribution in [0.2, 0.25) is 0 Å². The number of hydrogen-bond acceptors (Lipinski definition) is 5. The average Bonchev–Trinajstić information content (AvgIpc) is 3.60. The van der Waals surface area contributed by atoms with Crippen LogP contribution in [0.4, 0.5) is 0 Å². The van der Waals surface area contributed by atoms with Gasteiger partial charge in [-0.05, 0) is 57.2 Å². The Morgan fingerprint density at radius 1 is 1.30 bits per heavy atom. The van der Waals surface area contributed by atoms with Crippen LogP contribution in [0.1, 0.15) is 78.4 Å². The summed E-state index contributed by atoms with van der Waals surface area (Å²) in [6.07, 6.45) is 7.76. The zero-order valence-electron chi connectivity index (χ0n) is 15.4. The molecule has 3 heterocycles. The lowest BCUT2D eigenvalue weighted by Gasteiger charge is -2.14. The van der Waals surface area contributed by atoms with Crippen LogP contribution in [-0.2, 0) is 6.42 Å². The molecule has 0 saturated heterocycles. The van der Waals surface area contributed by atoms with Gasteiger partial charge >= 0.3 is 0 Å². The van der Waals surface area contributed by atoms with Gasteiger partial charge in [0.15, 0.2) is 0 Å². The van der Waals surface area contributed by atoms with E-state index >= 15 is 0 Å². The fourth-order valence-electron chi connectivity index (χ4n) is 3.58. The van der Waals surface area contributed by atoms with Gasteiger partial charge in [-0.25, -0.2) is 4.98 Å². The highest BCUT2D eigenvalue weighted by molar-refractivity contribution is 6.06. The van der Waals surface area contributed by atoms with Crippen LogP contribution < -0.4 is 5.32 Å². The van der Waals surface area contributed by atoms with Gasteiger partial charge < -0.3 is 14.3 Å². The summed E-state index contributed by atoms with van der Waals surface area (Å²) in [5, 5.41) is 8.18. The van der Waals surface area contributed by atoms with Gasteiger partial charge in [0, 0.05) is 30.0 Å². The molecular weight excluding hydrogens is 342 g/mol. The number of pyridine rings is 1. The fourth-order valence-corrected chi connectivity index (χ4v) is 3.58. The van der Waals surface area contributed by atoms with E-state index in [1.165, 1.54) is 0 Å². The molecule has 1 atom stereocenters. The molecule has 0 spiro atoms. The molecule has 6 nitrogen and oxygen atoms in total. The zero-order chi connectivity index (χ0) is 18.4. The van der Waals surface area contributed by atoms with Crippen LogP contribution in [0, 0.1) is 0 Å². The number of carbonyl (C=O) groups excluding carboxylic acids is 1. The lowest BCUT2D eigenvalue weighted by molar-refractivity contribution is 0.0939. The second kappa shape index (κ2) is 6.51. The first-order valence-electron chi connectivity index (χ1n) is 9.82. The molecule has 1 N–H and O–H groups in total. The van der Waals surface area contributed by atoms with E-state index in [-0.39, 0.29) is 11.9 Å². The van der Waals surface area contributed by atoms with Crippen LogP contribution in [0.15, 0.2) is 33.4 Å². The third kappa shape index (κ3) is 3.36. The molecule has 0 aromatic carbocycles. The van der Waals surface area contributed by atoms with Crippen LogP contribution in [0.25, 0.3) is 11.1 Å². The van der Waals surface area contributed by atoms with Crippen LogP contribution in [0.3, 0.4) is 0 Å². The first kappa shape index (κ1) is 16.5. The number of rotatable bonds is 7. The minimum atomic E-state index is -0.0682. The van der Waals surface area contributed by atoms with Gasteiger partial charge in [-0.2, -0.15) is 0 Å². The number of amides is 1. The van der Waals surface area contributed by atoms with Gasteiger partial charge in [0.1, 0.15) is 5.76 Å². The number of carbonyl (C=O) groups is 1. The quantitative estimate of drug-likeness (QED) is 0.674. The topological polar surface area (TPSA) is 81.2 Å². The fraction of sp³-hybridized carbons (Fsp3) is 0.476. The summed E-state index contributed by atoms with van der Waals surface area (Å²) in [6, 6.07) is 5.84. The maximum Gasteiger partial charge on any atom is 0.259 e. The first-order chi connectivity index (χ1) is 13.2. The molecule has 0 bridgehead atoms. The lowest BCUT2D eigenvalue weighted by Crippen LogP contribution is -2.33. The van der Waals surface area contributed by atoms with Gasteiger partial charge in [0.05, 0.1) is 22.9 Å². The van der Waals surface area contributed by atoms with E-state index in [0.717, 1.165) is 61.1 Å². The third-order valence-corrected chi connectivity index (χ3v) is 5.48. The molecule has 2 aliphatic carbocycles. The molecule has 2 saturated carbocycles. The predicted molar refractivity (Wildman–Crippen MR) is 99.7 cm³/mol. The van der Waals surface area contributed by atoms with Crippen LogP contribution in [-0.4, -0.2) is 22.1 Å². The maximum atomic E-state index is 13.1. The van der Waals surface area contributed by atoms with Gasteiger partial charge in [0.2, 0.25) is 0 Å². The molecule has 3 aromatic heterocycles. The summed E-state index contributed by atoms with van der Waals surface area (Å²) in [7, 11) is 0. The van der Waals surface area contributed by atoms with Crippen molar-refractivity contribution in [2.24, 2.45) is 0 Å². The van der Waals surface area contributed by atoms with E-state index in [9.17, 15) is 4.79 Å². The highest BCUT2D eigenvalue weighted by Gasteiger charge is 2.34. The molecule has 0 aliphatic heterocycles. The molecule has 140 valence electrons. The van der Waals surface area contributed by atoms with E-state index in [0.29, 0.717) is 23.1 Å². The maximum absolute atomic E-state index is 13.1. The Morgan fingerprint density at radius 2 is 2.11 bits per heavy atom. The normalized spacial score (nSPS) is 18.0. The van der Waals surface area contributed by atoms with Crippen molar-refractivity contribution in [1.82, 2.24) is 15.5 Å². The third-order valence-electron chi connectivity index (χ3n) is 5.48. The number of hydrogen-bond donors (Lipinski definition) is 1. The number of nitrogens with one attached hydrogen (secondary N) is 1. The van der Waals surface area contributed by atoms with Crippen molar-refractivity contribution in [2.75, 3.05) is 0 Å². The van der Waals surface area contributed by atoms with Crippen LogP contribution in [0.5, 0.6) is 0 Å². The Bertz CT molecular complexity index is 968. The van der Waals surface area contributed by atoms with Gasteiger partial charge in [0.25, 0.3) is 11.6 Å². The van der Waals surface area contributed by atoms with Crippen molar-refractivity contribution < 1.29 is 13.7 Å². The Kier molecular flexibility index (Phi) is 3.99. The largest absolute Gasteiger partial charge is 0.469 e. The van der Waals surface area contributed by atoms with Gasteiger partial charge in [-0.15, -0.1) is 0 Å². The summed E-state index contributed by atoms with van der Waals surface area (Å²) in [6.45, 7) is 2.02. The minimum Gasteiger partial charge on any atom is -0.469 e. The molecule has 3 aromatic rings. The van der Waals surface area contributed by atoms with E-state index in [1.807, 2.05) is 25.1 Å². The Morgan fingerprint density at radius 3 is 2.81 bits per heavy atom. The molecule has 1 amide bonds. The van der Waals surface area contributed by atoms with E-state index in [4.69, 9.17) is 8.94 Å². The van der Waals surface area contributed by atoms with E-state index in [2.05, 4.69) is 15.5 Å². The van der Waals surface area contributed by atoms with Crippen molar-refractivity contribution in [2.45, 2.75) is 63.3 Å². The van der Waals surface area contributed by atoms with Crippen molar-refractivity contribution >= 4 is 17.0 Å². The van der Waals surface area contributed by atoms with Gasteiger partial charge in [-0.1, -0.05) is 5.16 Å². The van der Waals surface area contributed by atoms with E-state index < -0.39 is 0 Å². The second-order valence-electron chi connectivity index (χ2n) is 7.88. The van der Waals surface area contributed by atoms with Crippen molar-refractivity contribution in [3.63, 3.8) is 0 Å². The molecular formula is C21H23N3O3. The number of nitrogens with zero attached hydrogens (tertiary/aromatic N) is 2. The Hall–Kier alpha value is -2.63. The summed E-state index contributed by atoms with van der Waals surface area (Å²) in [4.78, 5) is 17.7. The van der Waals surface area contributed by atoms with Crippen molar-refractivity contribution in [1.29, 1.82) is 0 Å². The molecule has 5 rings (SSSR count). The molecule has 1 unspecified atom stereocenters. The molecule has 2 fully saturated rings. The molecule has 27 heavy (non-hydrogen) atoms. The monoisotopic (exact) mass is 365 g/mol. The zero-order valence-corrected chi connectivity index (χ0v) is 15.4.